The number of aryl methyl sites for hydroxylation is 1. The molecule has 148 valence electrons. The van der Waals surface area contributed by atoms with E-state index in [2.05, 4.69) is 13.5 Å². The van der Waals surface area contributed by atoms with E-state index in [-0.39, 0.29) is 5.57 Å². The lowest BCUT2D eigenvalue weighted by Crippen LogP contribution is -2.11. The van der Waals surface area contributed by atoms with E-state index in [9.17, 15) is 25.0 Å². The number of carbonyl (C=O) groups is 1. The third-order valence-corrected chi connectivity index (χ3v) is 4.12. The van der Waals surface area contributed by atoms with Gasteiger partial charge in [0.2, 0.25) is 0 Å². The zero-order valence-electron chi connectivity index (χ0n) is 15.9. The molecule has 0 aliphatic rings. The van der Waals surface area contributed by atoms with Crippen molar-refractivity contribution in [2.75, 3.05) is 0 Å². The molecule has 1 aromatic carbocycles. The van der Waals surface area contributed by atoms with E-state index in [0.29, 0.717) is 12.0 Å². The first-order chi connectivity index (χ1) is 12.8. The minimum absolute atomic E-state index is 0.00857. The monoisotopic (exact) mass is 378 g/mol. The molecule has 0 N–H and O–H groups in total. The minimum Gasteiger partial charge on any atom is -0.408 e. The lowest BCUT2D eigenvalue weighted by Gasteiger charge is -2.08. The van der Waals surface area contributed by atoms with Gasteiger partial charge in [-0.05, 0) is 25.3 Å². The fraction of sp³-hybridized carbons (Fsp3) is 0.526. The molecular formula is C19H26N2O6. The molecule has 0 fully saturated rings. The van der Waals surface area contributed by atoms with Gasteiger partial charge in [-0.15, -0.1) is 0 Å². The largest absolute Gasteiger partial charge is 0.408 e. The van der Waals surface area contributed by atoms with Crippen molar-refractivity contribution in [3.05, 3.63) is 50.1 Å². The highest BCUT2D eigenvalue weighted by Gasteiger charge is 2.30. The molecule has 0 heterocycles. The Morgan fingerprint density at radius 3 is 1.93 bits per heavy atom. The lowest BCUT2D eigenvalue weighted by atomic mass is 10.0. The van der Waals surface area contributed by atoms with Crippen molar-refractivity contribution >= 4 is 17.3 Å². The van der Waals surface area contributed by atoms with E-state index in [1.807, 2.05) is 0 Å². The molecule has 0 spiro atoms. The third-order valence-electron chi connectivity index (χ3n) is 4.12. The Kier molecular flexibility index (Phi) is 9.12. The van der Waals surface area contributed by atoms with Crippen LogP contribution in [0.25, 0.3) is 0 Å². The van der Waals surface area contributed by atoms with Gasteiger partial charge in [-0.3, -0.25) is 20.2 Å². The van der Waals surface area contributed by atoms with E-state index < -0.39 is 32.9 Å². The van der Waals surface area contributed by atoms with Crippen LogP contribution in [0.1, 0.15) is 64.4 Å². The van der Waals surface area contributed by atoms with Crippen LogP contribution in [0.15, 0.2) is 24.3 Å². The first kappa shape index (κ1) is 22.3. The van der Waals surface area contributed by atoms with Gasteiger partial charge in [-0.25, -0.2) is 4.79 Å². The number of carbonyl (C=O) groups excluding carboxylic acids is 1. The molecule has 0 amide bonds. The first-order valence-corrected chi connectivity index (χ1v) is 9.11. The van der Waals surface area contributed by atoms with Gasteiger partial charge in [0.25, 0.3) is 5.75 Å². The SMILES string of the molecule is C=C(C)C(=O)Oc1c([N+](=O)[O-])cc(CCCCCCCCC)cc1[N+](=O)[O-]. The summed E-state index contributed by atoms with van der Waals surface area (Å²) in [6.07, 6.45) is 8.02. The molecule has 0 saturated carbocycles. The van der Waals surface area contributed by atoms with Crippen LogP contribution in [0.4, 0.5) is 11.4 Å². The maximum Gasteiger partial charge on any atom is 0.339 e. The van der Waals surface area contributed by atoms with Crippen LogP contribution in [0, 0.1) is 20.2 Å². The Bertz CT molecular complexity index is 679. The average molecular weight is 378 g/mol. The molecular weight excluding hydrogens is 352 g/mol. The summed E-state index contributed by atoms with van der Waals surface area (Å²) >= 11 is 0. The second-order valence-electron chi connectivity index (χ2n) is 6.52. The van der Waals surface area contributed by atoms with Gasteiger partial charge in [0.1, 0.15) is 0 Å². The number of hydrogen-bond donors (Lipinski definition) is 0. The number of esters is 1. The lowest BCUT2D eigenvalue weighted by molar-refractivity contribution is -0.395. The number of unbranched alkanes of at least 4 members (excludes halogenated alkanes) is 6. The van der Waals surface area contributed by atoms with Crippen molar-refractivity contribution in [3.8, 4) is 5.75 Å². The Labute approximate surface area is 158 Å². The van der Waals surface area contributed by atoms with Crippen LogP contribution < -0.4 is 4.74 Å². The molecule has 1 aromatic rings. The second kappa shape index (κ2) is 11.1. The fourth-order valence-electron chi connectivity index (χ4n) is 2.64. The molecule has 8 heteroatoms. The Morgan fingerprint density at radius 2 is 1.48 bits per heavy atom. The van der Waals surface area contributed by atoms with E-state index in [1.54, 1.807) is 0 Å². The van der Waals surface area contributed by atoms with Gasteiger partial charge in [0, 0.05) is 17.7 Å². The number of hydrogen-bond acceptors (Lipinski definition) is 6. The highest BCUT2D eigenvalue weighted by atomic mass is 16.6. The highest BCUT2D eigenvalue weighted by molar-refractivity contribution is 5.90. The summed E-state index contributed by atoms with van der Waals surface area (Å²) in [4.78, 5) is 32.8. The molecule has 0 bridgehead atoms. The first-order valence-electron chi connectivity index (χ1n) is 9.11. The van der Waals surface area contributed by atoms with Crippen molar-refractivity contribution in [1.82, 2.24) is 0 Å². The van der Waals surface area contributed by atoms with Crippen LogP contribution in [-0.4, -0.2) is 15.8 Å². The predicted molar refractivity (Wildman–Crippen MR) is 102 cm³/mol. The molecule has 0 unspecified atom stereocenters. The van der Waals surface area contributed by atoms with E-state index in [1.165, 1.54) is 38.3 Å². The van der Waals surface area contributed by atoms with Crippen LogP contribution in [0.5, 0.6) is 5.75 Å². The topological polar surface area (TPSA) is 113 Å². The van der Waals surface area contributed by atoms with Gasteiger partial charge in [-0.2, -0.15) is 0 Å². The van der Waals surface area contributed by atoms with Crippen LogP contribution in [0.2, 0.25) is 0 Å². The number of nitro benzene ring substituents is 2. The standard InChI is InChI=1S/C19H26N2O6/c1-4-5-6-7-8-9-10-11-15-12-16(20(23)24)18(17(13-15)21(25)26)27-19(22)14(2)3/h12-13H,2,4-11H2,1,3H3. The summed E-state index contributed by atoms with van der Waals surface area (Å²) in [5.41, 5.74) is -0.698. The van der Waals surface area contributed by atoms with E-state index >= 15 is 0 Å². The smallest absolute Gasteiger partial charge is 0.339 e. The van der Waals surface area contributed by atoms with Gasteiger partial charge in [0.15, 0.2) is 0 Å². The Hall–Kier alpha value is -2.77. The molecule has 0 atom stereocenters. The molecule has 1 rings (SSSR count). The summed E-state index contributed by atoms with van der Waals surface area (Å²) in [6.45, 7) is 6.89. The average Bonchev–Trinajstić information content (AvgIpc) is 2.60. The highest BCUT2D eigenvalue weighted by Crippen LogP contribution is 2.39. The summed E-state index contributed by atoms with van der Waals surface area (Å²) in [5.74, 6) is -1.60. The zero-order valence-corrected chi connectivity index (χ0v) is 15.9. The number of nitro groups is 2. The van der Waals surface area contributed by atoms with E-state index in [0.717, 1.165) is 25.7 Å². The van der Waals surface area contributed by atoms with Crippen LogP contribution in [-0.2, 0) is 11.2 Å². The minimum atomic E-state index is -0.943. The van der Waals surface area contributed by atoms with E-state index in [4.69, 9.17) is 4.74 Å². The summed E-state index contributed by atoms with van der Waals surface area (Å²) < 4.78 is 4.87. The maximum absolute atomic E-state index is 11.7. The van der Waals surface area contributed by atoms with Crippen molar-refractivity contribution in [2.45, 2.75) is 65.2 Å². The fourth-order valence-corrected chi connectivity index (χ4v) is 2.64. The Morgan fingerprint density at radius 1 is 1.00 bits per heavy atom. The Balaban J connectivity index is 2.95. The van der Waals surface area contributed by atoms with Gasteiger partial charge in [0.05, 0.1) is 9.85 Å². The van der Waals surface area contributed by atoms with Crippen molar-refractivity contribution in [1.29, 1.82) is 0 Å². The van der Waals surface area contributed by atoms with Crippen LogP contribution >= 0.6 is 0 Å². The molecule has 0 aliphatic carbocycles. The third kappa shape index (κ3) is 7.16. The number of ether oxygens (including phenoxy) is 1. The molecule has 0 saturated heterocycles. The summed E-state index contributed by atoms with van der Waals surface area (Å²) in [7, 11) is 0. The van der Waals surface area contributed by atoms with Gasteiger partial charge in [-0.1, -0.05) is 52.0 Å². The molecule has 0 aliphatic heterocycles. The summed E-state index contributed by atoms with van der Waals surface area (Å²) in [6, 6.07) is 2.48. The number of benzene rings is 1. The van der Waals surface area contributed by atoms with Crippen molar-refractivity contribution in [2.24, 2.45) is 0 Å². The van der Waals surface area contributed by atoms with Crippen molar-refractivity contribution < 1.29 is 19.4 Å². The molecule has 0 radical (unpaired) electrons. The number of nitrogens with zero attached hydrogens (tertiary/aromatic N) is 2. The van der Waals surface area contributed by atoms with Gasteiger partial charge < -0.3 is 4.74 Å². The van der Waals surface area contributed by atoms with Crippen LogP contribution in [0.3, 0.4) is 0 Å². The zero-order chi connectivity index (χ0) is 20.4. The molecule has 8 nitrogen and oxygen atoms in total. The molecule has 27 heavy (non-hydrogen) atoms. The maximum atomic E-state index is 11.7. The predicted octanol–water partition coefficient (Wildman–Crippen LogP) is 5.28. The normalized spacial score (nSPS) is 10.4. The summed E-state index contributed by atoms with van der Waals surface area (Å²) in [5, 5.41) is 22.7. The quantitative estimate of drug-likeness (QED) is 0.122. The number of rotatable bonds is 12. The molecule has 0 aromatic heterocycles. The van der Waals surface area contributed by atoms with Crippen molar-refractivity contribution in [3.63, 3.8) is 0 Å². The second-order valence-corrected chi connectivity index (χ2v) is 6.52. The van der Waals surface area contributed by atoms with Gasteiger partial charge >= 0.3 is 17.3 Å².